The van der Waals surface area contributed by atoms with Crippen LogP contribution in [0.1, 0.15) is 32.6 Å². The van der Waals surface area contributed by atoms with E-state index in [2.05, 4.69) is 10.0 Å². The summed E-state index contributed by atoms with van der Waals surface area (Å²) in [5, 5.41) is 2.77. The number of aryl methyl sites for hydroxylation is 4. The van der Waals surface area contributed by atoms with Crippen molar-refractivity contribution in [1.82, 2.24) is 5.32 Å². The SMILES string of the molecule is Cc1cccc(OCCNC(=O)c2ccc(C)c(S(=O)(=O)Nc3ccc(C)c(C)c3)c2)c1. The highest BCUT2D eigenvalue weighted by Gasteiger charge is 2.19. The van der Waals surface area contributed by atoms with E-state index in [1.807, 2.05) is 51.1 Å². The van der Waals surface area contributed by atoms with E-state index in [1.54, 1.807) is 31.2 Å². The Kier molecular flexibility index (Phi) is 7.20. The quantitative estimate of drug-likeness (QED) is 0.492. The number of carbonyl (C=O) groups excluding carboxylic acids is 1. The summed E-state index contributed by atoms with van der Waals surface area (Å²) in [6.45, 7) is 8.17. The summed E-state index contributed by atoms with van der Waals surface area (Å²) < 4.78 is 34.2. The highest BCUT2D eigenvalue weighted by Crippen LogP contribution is 2.22. The number of hydrogen-bond donors (Lipinski definition) is 2. The van der Waals surface area contributed by atoms with Gasteiger partial charge in [-0.2, -0.15) is 0 Å². The maximum Gasteiger partial charge on any atom is 0.262 e. The minimum absolute atomic E-state index is 0.0689. The molecule has 0 saturated carbocycles. The van der Waals surface area contributed by atoms with Gasteiger partial charge in [0, 0.05) is 11.3 Å². The maximum atomic E-state index is 13.0. The van der Waals surface area contributed by atoms with Crippen molar-refractivity contribution in [1.29, 1.82) is 0 Å². The van der Waals surface area contributed by atoms with Crippen LogP contribution in [0, 0.1) is 27.7 Å². The highest BCUT2D eigenvalue weighted by molar-refractivity contribution is 7.92. The number of carbonyl (C=O) groups is 1. The average molecular weight is 453 g/mol. The van der Waals surface area contributed by atoms with Crippen molar-refractivity contribution in [3.63, 3.8) is 0 Å². The first-order chi connectivity index (χ1) is 15.2. The van der Waals surface area contributed by atoms with Crippen LogP contribution in [0.4, 0.5) is 5.69 Å². The van der Waals surface area contributed by atoms with Crippen LogP contribution in [0.2, 0.25) is 0 Å². The number of hydrogen-bond acceptors (Lipinski definition) is 4. The predicted octanol–water partition coefficient (Wildman–Crippen LogP) is 4.53. The lowest BCUT2D eigenvalue weighted by Crippen LogP contribution is -2.28. The topological polar surface area (TPSA) is 84.5 Å². The Bertz CT molecular complexity index is 1240. The molecular weight excluding hydrogens is 424 g/mol. The molecule has 0 saturated heterocycles. The van der Waals surface area contributed by atoms with Gasteiger partial charge in [-0.3, -0.25) is 9.52 Å². The maximum absolute atomic E-state index is 13.0. The Morgan fingerprint density at radius 2 is 1.62 bits per heavy atom. The fourth-order valence-electron chi connectivity index (χ4n) is 3.19. The van der Waals surface area contributed by atoms with Gasteiger partial charge in [0.05, 0.1) is 11.4 Å². The van der Waals surface area contributed by atoms with Gasteiger partial charge in [0.2, 0.25) is 0 Å². The Morgan fingerprint density at radius 1 is 0.875 bits per heavy atom. The Morgan fingerprint density at radius 3 is 2.34 bits per heavy atom. The molecule has 3 aromatic carbocycles. The number of amides is 1. The molecule has 0 fully saturated rings. The summed E-state index contributed by atoms with van der Waals surface area (Å²) in [7, 11) is -3.85. The largest absolute Gasteiger partial charge is 0.492 e. The van der Waals surface area contributed by atoms with Crippen LogP contribution in [-0.2, 0) is 10.0 Å². The van der Waals surface area contributed by atoms with Crippen molar-refractivity contribution in [3.05, 3.63) is 88.5 Å². The molecule has 0 radical (unpaired) electrons. The summed E-state index contributed by atoms with van der Waals surface area (Å²) in [5.74, 6) is 0.376. The molecule has 1 amide bonds. The monoisotopic (exact) mass is 452 g/mol. The number of anilines is 1. The first-order valence-electron chi connectivity index (χ1n) is 10.3. The molecule has 0 atom stereocenters. The fourth-order valence-corrected chi connectivity index (χ4v) is 4.51. The first kappa shape index (κ1) is 23.3. The zero-order valence-corrected chi connectivity index (χ0v) is 19.5. The van der Waals surface area contributed by atoms with Gasteiger partial charge in [-0.25, -0.2) is 8.42 Å². The number of nitrogens with one attached hydrogen (secondary N) is 2. The summed E-state index contributed by atoms with van der Waals surface area (Å²) >= 11 is 0. The third kappa shape index (κ3) is 5.88. The van der Waals surface area contributed by atoms with Gasteiger partial charge >= 0.3 is 0 Å². The van der Waals surface area contributed by atoms with Crippen molar-refractivity contribution in [2.75, 3.05) is 17.9 Å². The van der Waals surface area contributed by atoms with Crippen molar-refractivity contribution in [2.45, 2.75) is 32.6 Å². The van der Waals surface area contributed by atoms with E-state index in [4.69, 9.17) is 4.74 Å². The van der Waals surface area contributed by atoms with E-state index < -0.39 is 10.0 Å². The lowest BCUT2D eigenvalue weighted by molar-refractivity contribution is 0.0946. The minimum atomic E-state index is -3.85. The molecule has 3 rings (SSSR count). The van der Waals surface area contributed by atoms with Gasteiger partial charge in [0.1, 0.15) is 12.4 Å². The van der Waals surface area contributed by atoms with Crippen LogP contribution in [0.3, 0.4) is 0 Å². The lowest BCUT2D eigenvalue weighted by Gasteiger charge is -2.13. The van der Waals surface area contributed by atoms with E-state index in [1.165, 1.54) is 6.07 Å². The van der Waals surface area contributed by atoms with Crippen LogP contribution >= 0.6 is 0 Å². The normalized spacial score (nSPS) is 11.1. The van der Waals surface area contributed by atoms with E-state index in [0.717, 1.165) is 22.4 Å². The average Bonchev–Trinajstić information content (AvgIpc) is 2.74. The van der Waals surface area contributed by atoms with Gasteiger partial charge in [-0.15, -0.1) is 0 Å². The summed E-state index contributed by atoms with van der Waals surface area (Å²) in [6, 6.07) is 17.7. The minimum Gasteiger partial charge on any atom is -0.492 e. The van der Waals surface area contributed by atoms with Crippen molar-refractivity contribution in [2.24, 2.45) is 0 Å². The zero-order chi connectivity index (χ0) is 23.3. The second kappa shape index (κ2) is 9.87. The molecule has 0 spiro atoms. The summed E-state index contributed by atoms with van der Waals surface area (Å²) in [4.78, 5) is 12.6. The van der Waals surface area contributed by atoms with Crippen molar-refractivity contribution >= 4 is 21.6 Å². The molecule has 0 bridgehead atoms. The molecule has 7 heteroatoms. The third-order valence-electron chi connectivity index (χ3n) is 5.14. The summed E-state index contributed by atoms with van der Waals surface area (Å²) in [6.07, 6.45) is 0. The molecule has 2 N–H and O–H groups in total. The highest BCUT2D eigenvalue weighted by atomic mass is 32.2. The van der Waals surface area contributed by atoms with Crippen LogP contribution in [0.5, 0.6) is 5.75 Å². The van der Waals surface area contributed by atoms with Crippen LogP contribution in [0.15, 0.2) is 65.6 Å². The van der Waals surface area contributed by atoms with E-state index in [9.17, 15) is 13.2 Å². The fraction of sp³-hybridized carbons (Fsp3) is 0.240. The van der Waals surface area contributed by atoms with Gasteiger partial charge in [-0.05, 0) is 86.3 Å². The molecule has 32 heavy (non-hydrogen) atoms. The molecule has 0 heterocycles. The van der Waals surface area contributed by atoms with Gasteiger partial charge in [0.15, 0.2) is 0 Å². The lowest BCUT2D eigenvalue weighted by atomic mass is 10.1. The van der Waals surface area contributed by atoms with Crippen molar-refractivity contribution < 1.29 is 17.9 Å². The van der Waals surface area contributed by atoms with Crippen LogP contribution in [-0.4, -0.2) is 27.5 Å². The van der Waals surface area contributed by atoms with Crippen LogP contribution < -0.4 is 14.8 Å². The van der Waals surface area contributed by atoms with E-state index in [-0.39, 0.29) is 16.4 Å². The number of sulfonamides is 1. The number of rotatable bonds is 8. The van der Waals surface area contributed by atoms with E-state index in [0.29, 0.717) is 24.4 Å². The molecular formula is C25H28N2O4S. The zero-order valence-electron chi connectivity index (χ0n) is 18.7. The molecule has 3 aromatic rings. The smallest absolute Gasteiger partial charge is 0.262 e. The van der Waals surface area contributed by atoms with E-state index >= 15 is 0 Å². The molecule has 0 aromatic heterocycles. The number of benzene rings is 3. The van der Waals surface area contributed by atoms with Crippen molar-refractivity contribution in [3.8, 4) is 5.75 Å². The molecule has 0 aliphatic rings. The standard InChI is InChI=1S/C25H28N2O4S/c1-17-6-5-7-23(14-17)31-13-12-26-25(28)21-10-8-19(3)24(16-21)32(29,30)27-22-11-9-18(2)20(4)15-22/h5-11,14-16,27H,12-13H2,1-4H3,(H,26,28). The second-order valence-corrected chi connectivity index (χ2v) is 9.46. The summed E-state index contributed by atoms with van der Waals surface area (Å²) in [5.41, 5.74) is 4.47. The van der Waals surface area contributed by atoms with Gasteiger partial charge in [0.25, 0.3) is 15.9 Å². The Hall–Kier alpha value is -3.32. The second-order valence-electron chi connectivity index (χ2n) is 7.81. The molecule has 6 nitrogen and oxygen atoms in total. The van der Waals surface area contributed by atoms with Gasteiger partial charge in [-0.1, -0.05) is 24.3 Å². The predicted molar refractivity (Wildman–Crippen MR) is 127 cm³/mol. The Labute approximate surface area is 189 Å². The molecule has 0 aliphatic heterocycles. The molecule has 0 unspecified atom stereocenters. The third-order valence-corrected chi connectivity index (χ3v) is 6.67. The van der Waals surface area contributed by atoms with Crippen LogP contribution in [0.25, 0.3) is 0 Å². The Balaban J connectivity index is 1.67. The van der Waals surface area contributed by atoms with Gasteiger partial charge < -0.3 is 10.1 Å². The first-order valence-corrected chi connectivity index (χ1v) is 11.8. The molecule has 168 valence electrons. The molecule has 0 aliphatic carbocycles. The number of ether oxygens (including phenoxy) is 1.